The Morgan fingerprint density at radius 2 is 2.12 bits per heavy atom. The van der Waals surface area contributed by atoms with Gasteiger partial charge in [-0.2, -0.15) is 0 Å². The van der Waals surface area contributed by atoms with Gasteiger partial charge in [-0.3, -0.25) is 4.79 Å². The van der Waals surface area contributed by atoms with E-state index in [1.165, 1.54) is 32.1 Å². The first-order chi connectivity index (χ1) is 7.59. The monoisotopic (exact) mass is 224 g/mol. The van der Waals surface area contributed by atoms with Gasteiger partial charge in [0.25, 0.3) is 0 Å². The molecule has 3 heteroatoms. The Morgan fingerprint density at radius 1 is 1.44 bits per heavy atom. The van der Waals surface area contributed by atoms with Crippen molar-refractivity contribution in [1.29, 1.82) is 0 Å². The molecule has 4 unspecified atom stereocenters. The van der Waals surface area contributed by atoms with E-state index in [1.54, 1.807) is 0 Å². The van der Waals surface area contributed by atoms with Crippen molar-refractivity contribution in [2.45, 2.75) is 70.5 Å². The summed E-state index contributed by atoms with van der Waals surface area (Å²) in [6.07, 6.45) is 6.87. The Kier molecular flexibility index (Phi) is 3.53. The van der Waals surface area contributed by atoms with Crippen molar-refractivity contribution in [2.75, 3.05) is 0 Å². The molecule has 92 valence electrons. The lowest BCUT2D eigenvalue weighted by atomic mass is 9.85. The van der Waals surface area contributed by atoms with E-state index in [0.29, 0.717) is 18.5 Å². The summed E-state index contributed by atoms with van der Waals surface area (Å²) in [5.74, 6) is 1.04. The summed E-state index contributed by atoms with van der Waals surface area (Å²) in [7, 11) is 0. The van der Waals surface area contributed by atoms with E-state index in [4.69, 9.17) is 5.73 Å². The normalized spacial score (nSPS) is 35.9. The molecule has 2 rings (SSSR count). The molecule has 1 heterocycles. The standard InChI is InChI=1S/C13H24N2O/c1-9(14)7-13(16)15-10(2)8-11-5-3-4-6-12(11)15/h9-12H,3-8,14H2,1-2H3. The minimum absolute atomic E-state index is 0.0117. The largest absolute Gasteiger partial charge is 0.337 e. The minimum Gasteiger partial charge on any atom is -0.337 e. The van der Waals surface area contributed by atoms with Gasteiger partial charge in [0.1, 0.15) is 0 Å². The van der Waals surface area contributed by atoms with E-state index in [1.807, 2.05) is 6.92 Å². The molecule has 4 atom stereocenters. The predicted octanol–water partition coefficient (Wildman–Crippen LogP) is 1.90. The quantitative estimate of drug-likeness (QED) is 0.778. The number of hydrogen-bond acceptors (Lipinski definition) is 2. The third-order valence-electron chi connectivity index (χ3n) is 4.13. The second kappa shape index (κ2) is 4.74. The first-order valence-corrected chi connectivity index (χ1v) is 6.66. The molecular formula is C13H24N2O. The van der Waals surface area contributed by atoms with Crippen LogP contribution in [0.25, 0.3) is 0 Å². The molecule has 1 aliphatic carbocycles. The molecule has 2 aliphatic rings. The van der Waals surface area contributed by atoms with E-state index >= 15 is 0 Å². The molecule has 0 spiro atoms. The molecule has 0 radical (unpaired) electrons. The van der Waals surface area contributed by atoms with Crippen molar-refractivity contribution >= 4 is 5.91 Å². The van der Waals surface area contributed by atoms with E-state index in [-0.39, 0.29) is 11.9 Å². The van der Waals surface area contributed by atoms with E-state index in [9.17, 15) is 4.79 Å². The smallest absolute Gasteiger partial charge is 0.224 e. The fraction of sp³-hybridized carbons (Fsp3) is 0.923. The maximum Gasteiger partial charge on any atom is 0.224 e. The Labute approximate surface area is 98.4 Å². The molecule has 2 fully saturated rings. The Hall–Kier alpha value is -0.570. The summed E-state index contributed by atoms with van der Waals surface area (Å²) >= 11 is 0. The minimum atomic E-state index is -0.0117. The van der Waals surface area contributed by atoms with Crippen molar-refractivity contribution in [2.24, 2.45) is 11.7 Å². The summed E-state index contributed by atoms with van der Waals surface area (Å²) in [6, 6.07) is 0.941. The number of likely N-dealkylation sites (tertiary alicyclic amines) is 1. The number of carbonyl (C=O) groups is 1. The second-order valence-corrected chi connectivity index (χ2v) is 5.68. The van der Waals surface area contributed by atoms with Crippen LogP contribution in [0.15, 0.2) is 0 Å². The number of fused-ring (bicyclic) bond motifs is 1. The summed E-state index contributed by atoms with van der Waals surface area (Å²) in [5, 5.41) is 0. The lowest BCUT2D eigenvalue weighted by Crippen LogP contribution is -2.44. The molecule has 3 nitrogen and oxygen atoms in total. The molecule has 1 aliphatic heterocycles. The maximum atomic E-state index is 12.2. The molecule has 16 heavy (non-hydrogen) atoms. The highest BCUT2D eigenvalue weighted by molar-refractivity contribution is 5.77. The molecule has 1 saturated carbocycles. The van der Waals surface area contributed by atoms with Gasteiger partial charge in [0.05, 0.1) is 0 Å². The van der Waals surface area contributed by atoms with Crippen LogP contribution in [0.5, 0.6) is 0 Å². The fourth-order valence-corrected chi connectivity index (χ4v) is 3.52. The van der Waals surface area contributed by atoms with Gasteiger partial charge < -0.3 is 10.6 Å². The molecule has 1 saturated heterocycles. The zero-order valence-electron chi connectivity index (χ0n) is 10.5. The number of hydrogen-bond donors (Lipinski definition) is 1. The summed E-state index contributed by atoms with van der Waals surface area (Å²) < 4.78 is 0. The van der Waals surface area contributed by atoms with Crippen molar-refractivity contribution in [1.82, 2.24) is 4.90 Å². The molecule has 0 aromatic rings. The van der Waals surface area contributed by atoms with Gasteiger partial charge in [0.15, 0.2) is 0 Å². The van der Waals surface area contributed by atoms with Crippen LogP contribution in [0.1, 0.15) is 52.4 Å². The van der Waals surface area contributed by atoms with Crippen LogP contribution in [0.2, 0.25) is 0 Å². The molecule has 0 aromatic carbocycles. The first-order valence-electron chi connectivity index (χ1n) is 6.66. The lowest BCUT2D eigenvalue weighted by molar-refractivity contribution is -0.134. The third kappa shape index (κ3) is 2.24. The van der Waals surface area contributed by atoms with Crippen molar-refractivity contribution in [3.8, 4) is 0 Å². The summed E-state index contributed by atoms with van der Waals surface area (Å²) in [6.45, 7) is 4.11. The average Bonchev–Trinajstić information content (AvgIpc) is 2.52. The number of carbonyl (C=O) groups excluding carboxylic acids is 1. The topological polar surface area (TPSA) is 46.3 Å². The average molecular weight is 224 g/mol. The maximum absolute atomic E-state index is 12.2. The summed E-state index contributed by atoms with van der Waals surface area (Å²) in [4.78, 5) is 14.3. The predicted molar refractivity (Wildman–Crippen MR) is 64.9 cm³/mol. The Morgan fingerprint density at radius 3 is 2.81 bits per heavy atom. The number of rotatable bonds is 2. The Balaban J connectivity index is 2.04. The number of amides is 1. The van der Waals surface area contributed by atoms with Gasteiger partial charge in [0.2, 0.25) is 5.91 Å². The second-order valence-electron chi connectivity index (χ2n) is 5.68. The highest BCUT2D eigenvalue weighted by Gasteiger charge is 2.42. The van der Waals surface area contributed by atoms with Crippen LogP contribution < -0.4 is 5.73 Å². The lowest BCUT2D eigenvalue weighted by Gasteiger charge is -2.33. The van der Waals surface area contributed by atoms with Crippen LogP contribution in [0, 0.1) is 5.92 Å². The van der Waals surface area contributed by atoms with Crippen LogP contribution in [0.3, 0.4) is 0 Å². The fourth-order valence-electron chi connectivity index (χ4n) is 3.52. The first kappa shape index (κ1) is 11.9. The third-order valence-corrected chi connectivity index (χ3v) is 4.13. The van der Waals surface area contributed by atoms with Gasteiger partial charge >= 0.3 is 0 Å². The van der Waals surface area contributed by atoms with Crippen LogP contribution in [0.4, 0.5) is 0 Å². The van der Waals surface area contributed by atoms with Crippen molar-refractivity contribution < 1.29 is 4.79 Å². The van der Waals surface area contributed by atoms with Crippen LogP contribution in [-0.4, -0.2) is 28.9 Å². The highest BCUT2D eigenvalue weighted by atomic mass is 16.2. The highest BCUT2D eigenvalue weighted by Crippen LogP contribution is 2.39. The van der Waals surface area contributed by atoms with Gasteiger partial charge in [-0.25, -0.2) is 0 Å². The zero-order chi connectivity index (χ0) is 11.7. The van der Waals surface area contributed by atoms with Gasteiger partial charge in [-0.15, -0.1) is 0 Å². The van der Waals surface area contributed by atoms with Crippen molar-refractivity contribution in [3.05, 3.63) is 0 Å². The van der Waals surface area contributed by atoms with Gasteiger partial charge in [-0.1, -0.05) is 12.8 Å². The molecule has 0 aromatic heterocycles. The van der Waals surface area contributed by atoms with Crippen LogP contribution >= 0.6 is 0 Å². The summed E-state index contributed by atoms with van der Waals surface area (Å²) in [5.41, 5.74) is 5.73. The van der Waals surface area contributed by atoms with Gasteiger partial charge in [-0.05, 0) is 39.0 Å². The van der Waals surface area contributed by atoms with Crippen molar-refractivity contribution in [3.63, 3.8) is 0 Å². The van der Waals surface area contributed by atoms with E-state index in [2.05, 4.69) is 11.8 Å². The van der Waals surface area contributed by atoms with E-state index in [0.717, 1.165) is 5.92 Å². The van der Waals surface area contributed by atoms with Gasteiger partial charge in [0, 0.05) is 24.5 Å². The molecule has 1 amide bonds. The Bertz CT molecular complexity index is 265. The SMILES string of the molecule is CC(N)CC(=O)N1C(C)CC2CCCCC21. The van der Waals surface area contributed by atoms with Crippen LogP contribution in [-0.2, 0) is 4.79 Å². The molecular weight excluding hydrogens is 200 g/mol. The zero-order valence-corrected chi connectivity index (χ0v) is 10.5. The molecule has 0 bridgehead atoms. The number of nitrogens with zero attached hydrogens (tertiary/aromatic N) is 1. The van der Waals surface area contributed by atoms with E-state index < -0.39 is 0 Å². The number of nitrogens with two attached hydrogens (primary N) is 1. The molecule has 2 N–H and O–H groups in total.